The summed E-state index contributed by atoms with van der Waals surface area (Å²) >= 11 is 0. The zero-order valence-electron chi connectivity index (χ0n) is 23.3. The van der Waals surface area contributed by atoms with Gasteiger partial charge in [-0.05, 0) is 57.5 Å². The van der Waals surface area contributed by atoms with Crippen LogP contribution >= 0.6 is 0 Å². The SMILES string of the molecule is C/C(=C\[C@H](C(C)C)N(C)C(=O)[C@@H](NC(=O)[C@H]1CCCCN1C)C(C)(C)C)C(=O)N1CCC[C@H]1C(=O)O. The van der Waals surface area contributed by atoms with Gasteiger partial charge in [-0.2, -0.15) is 0 Å². The lowest BCUT2D eigenvalue weighted by Crippen LogP contribution is -2.59. The van der Waals surface area contributed by atoms with Crippen LogP contribution in [0.25, 0.3) is 0 Å². The van der Waals surface area contributed by atoms with Crippen molar-refractivity contribution in [1.29, 1.82) is 0 Å². The van der Waals surface area contributed by atoms with E-state index in [1.54, 1.807) is 24.9 Å². The number of piperidine rings is 1. The molecule has 0 aliphatic carbocycles. The van der Waals surface area contributed by atoms with Gasteiger partial charge in [-0.25, -0.2) is 4.79 Å². The molecule has 2 N–H and O–H groups in total. The summed E-state index contributed by atoms with van der Waals surface area (Å²) in [6.45, 7) is 12.7. The number of nitrogens with zero attached hydrogens (tertiary/aromatic N) is 3. The Kier molecular flexibility index (Phi) is 10.1. The summed E-state index contributed by atoms with van der Waals surface area (Å²) in [5, 5.41) is 12.5. The van der Waals surface area contributed by atoms with Gasteiger partial charge in [0.1, 0.15) is 12.1 Å². The van der Waals surface area contributed by atoms with Gasteiger partial charge < -0.3 is 20.2 Å². The molecule has 0 bridgehead atoms. The van der Waals surface area contributed by atoms with Crippen LogP contribution in [0.3, 0.4) is 0 Å². The van der Waals surface area contributed by atoms with Crippen LogP contribution in [0.2, 0.25) is 0 Å². The molecule has 2 fully saturated rings. The molecule has 36 heavy (non-hydrogen) atoms. The van der Waals surface area contributed by atoms with Crippen molar-refractivity contribution in [2.45, 2.75) is 97.8 Å². The minimum Gasteiger partial charge on any atom is -0.480 e. The maximum absolute atomic E-state index is 13.8. The van der Waals surface area contributed by atoms with Crippen molar-refractivity contribution in [3.63, 3.8) is 0 Å². The number of likely N-dealkylation sites (N-methyl/N-ethyl adjacent to an activating group) is 2. The molecule has 0 radical (unpaired) electrons. The highest BCUT2D eigenvalue weighted by atomic mass is 16.4. The quantitative estimate of drug-likeness (QED) is 0.490. The number of rotatable bonds is 8. The van der Waals surface area contributed by atoms with Crippen molar-refractivity contribution in [1.82, 2.24) is 20.0 Å². The summed E-state index contributed by atoms with van der Waals surface area (Å²) < 4.78 is 0. The van der Waals surface area contributed by atoms with Crippen molar-refractivity contribution in [3.05, 3.63) is 11.6 Å². The largest absolute Gasteiger partial charge is 0.480 e. The Balaban J connectivity index is 2.25. The van der Waals surface area contributed by atoms with Crippen molar-refractivity contribution in [2.75, 3.05) is 27.2 Å². The van der Waals surface area contributed by atoms with E-state index < -0.39 is 29.5 Å². The first-order valence-electron chi connectivity index (χ1n) is 13.2. The van der Waals surface area contributed by atoms with Gasteiger partial charge >= 0.3 is 5.97 Å². The lowest BCUT2D eigenvalue weighted by molar-refractivity contribution is -0.146. The minimum atomic E-state index is -0.992. The van der Waals surface area contributed by atoms with E-state index in [0.29, 0.717) is 25.0 Å². The Labute approximate surface area is 216 Å². The molecule has 204 valence electrons. The van der Waals surface area contributed by atoms with Crippen LogP contribution in [0.15, 0.2) is 11.6 Å². The van der Waals surface area contributed by atoms with Gasteiger partial charge in [0.25, 0.3) is 0 Å². The van der Waals surface area contributed by atoms with Crippen molar-refractivity contribution in [3.8, 4) is 0 Å². The molecule has 9 heteroatoms. The molecule has 9 nitrogen and oxygen atoms in total. The number of carbonyl (C=O) groups excluding carboxylic acids is 3. The van der Waals surface area contributed by atoms with Crippen LogP contribution in [0, 0.1) is 11.3 Å². The summed E-state index contributed by atoms with van der Waals surface area (Å²) in [7, 11) is 3.65. The maximum atomic E-state index is 13.8. The number of aliphatic carboxylic acids is 1. The Morgan fingerprint density at radius 2 is 1.64 bits per heavy atom. The number of amides is 3. The van der Waals surface area contributed by atoms with Gasteiger partial charge in [-0.3, -0.25) is 19.3 Å². The Morgan fingerprint density at radius 3 is 2.17 bits per heavy atom. The number of carbonyl (C=O) groups is 4. The average Bonchev–Trinajstić information content (AvgIpc) is 3.29. The van der Waals surface area contributed by atoms with E-state index in [-0.39, 0.29) is 29.7 Å². The first-order chi connectivity index (χ1) is 16.7. The van der Waals surface area contributed by atoms with Crippen LogP contribution in [-0.2, 0) is 19.2 Å². The van der Waals surface area contributed by atoms with E-state index >= 15 is 0 Å². The molecule has 0 aromatic carbocycles. The second-order valence-corrected chi connectivity index (χ2v) is 11.8. The standard InChI is InChI=1S/C27H46N4O5/c1-17(2)21(16-18(3)24(33)31-15-11-13-20(31)26(35)36)30(8)25(34)22(27(4,5)6)28-23(32)19-12-9-10-14-29(19)7/h16-17,19-22H,9-15H2,1-8H3,(H,28,32)(H,35,36)/b18-16+/t19-,20+,21-,22-/m1/s1. The molecule has 2 aliphatic rings. The highest BCUT2D eigenvalue weighted by molar-refractivity contribution is 5.96. The summed E-state index contributed by atoms with van der Waals surface area (Å²) in [6.07, 6.45) is 5.70. The lowest BCUT2D eigenvalue weighted by Gasteiger charge is -2.39. The van der Waals surface area contributed by atoms with Crippen molar-refractivity contribution < 1.29 is 24.3 Å². The molecule has 2 saturated heterocycles. The molecule has 0 saturated carbocycles. The number of carboxylic acids is 1. The minimum absolute atomic E-state index is 0.00338. The van der Waals surface area contributed by atoms with Gasteiger partial charge in [-0.15, -0.1) is 0 Å². The molecule has 2 heterocycles. The monoisotopic (exact) mass is 506 g/mol. The van der Waals surface area contributed by atoms with E-state index in [2.05, 4.69) is 5.32 Å². The molecule has 0 aromatic rings. The van der Waals surface area contributed by atoms with Crippen molar-refractivity contribution in [2.24, 2.45) is 11.3 Å². The van der Waals surface area contributed by atoms with Crippen LogP contribution in [0.5, 0.6) is 0 Å². The zero-order valence-corrected chi connectivity index (χ0v) is 23.3. The van der Waals surface area contributed by atoms with Gasteiger partial charge in [0.2, 0.25) is 17.7 Å². The van der Waals surface area contributed by atoms with E-state index in [1.165, 1.54) is 4.90 Å². The van der Waals surface area contributed by atoms with E-state index in [4.69, 9.17) is 0 Å². The third kappa shape index (κ3) is 7.08. The molecule has 2 rings (SSSR count). The molecule has 0 spiro atoms. The predicted molar refractivity (Wildman–Crippen MR) is 139 cm³/mol. The first-order valence-corrected chi connectivity index (χ1v) is 13.2. The number of nitrogens with one attached hydrogen (secondary N) is 1. The van der Waals surface area contributed by atoms with Crippen LogP contribution in [-0.4, -0.2) is 94.8 Å². The average molecular weight is 507 g/mol. The van der Waals surface area contributed by atoms with Crippen LogP contribution in [0.4, 0.5) is 0 Å². The number of carboxylic acid groups (broad SMARTS) is 1. The van der Waals surface area contributed by atoms with Gasteiger partial charge in [-0.1, -0.05) is 47.1 Å². The lowest BCUT2D eigenvalue weighted by atomic mass is 9.84. The third-order valence-electron chi connectivity index (χ3n) is 7.51. The number of hydrogen-bond donors (Lipinski definition) is 2. The van der Waals surface area contributed by atoms with Gasteiger partial charge in [0, 0.05) is 19.2 Å². The fourth-order valence-corrected chi connectivity index (χ4v) is 5.22. The number of hydrogen-bond acceptors (Lipinski definition) is 5. The molecule has 0 aromatic heterocycles. The highest BCUT2D eigenvalue weighted by Gasteiger charge is 2.39. The zero-order chi connectivity index (χ0) is 27.4. The summed E-state index contributed by atoms with van der Waals surface area (Å²) in [6, 6.07) is -2.18. The second kappa shape index (κ2) is 12.2. The molecule has 4 atom stereocenters. The maximum Gasteiger partial charge on any atom is 0.326 e. The Hall–Kier alpha value is -2.42. The summed E-state index contributed by atoms with van der Waals surface area (Å²) in [5.74, 6) is -1.65. The summed E-state index contributed by atoms with van der Waals surface area (Å²) in [4.78, 5) is 56.6. The number of likely N-dealkylation sites (tertiary alicyclic amines) is 2. The summed E-state index contributed by atoms with van der Waals surface area (Å²) in [5.41, 5.74) is -0.101. The van der Waals surface area contributed by atoms with Gasteiger partial charge in [0.15, 0.2) is 0 Å². The smallest absolute Gasteiger partial charge is 0.326 e. The topological polar surface area (TPSA) is 110 Å². The Morgan fingerprint density at radius 1 is 1.03 bits per heavy atom. The van der Waals surface area contributed by atoms with Gasteiger partial charge in [0.05, 0.1) is 12.1 Å². The molecular formula is C27H46N4O5. The fraction of sp³-hybridized carbons (Fsp3) is 0.778. The molecule has 3 amide bonds. The molecule has 0 unspecified atom stereocenters. The van der Waals surface area contributed by atoms with Crippen LogP contribution < -0.4 is 5.32 Å². The van der Waals surface area contributed by atoms with Crippen LogP contribution in [0.1, 0.15) is 73.6 Å². The highest BCUT2D eigenvalue weighted by Crippen LogP contribution is 2.26. The third-order valence-corrected chi connectivity index (χ3v) is 7.51. The molecule has 2 aliphatic heterocycles. The first kappa shape index (κ1) is 29.8. The predicted octanol–water partition coefficient (Wildman–Crippen LogP) is 2.51. The van der Waals surface area contributed by atoms with E-state index in [9.17, 15) is 24.3 Å². The second-order valence-electron chi connectivity index (χ2n) is 11.8. The fourth-order valence-electron chi connectivity index (χ4n) is 5.22. The Bertz CT molecular complexity index is 863. The van der Waals surface area contributed by atoms with E-state index in [0.717, 1.165) is 25.8 Å². The van der Waals surface area contributed by atoms with E-state index in [1.807, 2.05) is 46.6 Å². The normalized spacial score (nSPS) is 23.4. The molecular weight excluding hydrogens is 460 g/mol. The van der Waals surface area contributed by atoms with Crippen molar-refractivity contribution >= 4 is 23.7 Å².